The molecule has 3 unspecified atom stereocenters. The van der Waals surface area contributed by atoms with E-state index in [0.717, 1.165) is 6.42 Å². The number of carbonyl (C=O) groups excluding carboxylic acids is 2. The van der Waals surface area contributed by atoms with E-state index in [1.807, 2.05) is 12.1 Å². The van der Waals surface area contributed by atoms with Gasteiger partial charge in [-0.15, -0.1) is 6.42 Å². The molecule has 5 heteroatoms. The second-order valence-corrected chi connectivity index (χ2v) is 6.36. The number of fused-ring (bicyclic) bond motifs is 3. The van der Waals surface area contributed by atoms with Gasteiger partial charge in [-0.05, 0) is 42.0 Å². The molecule has 1 aromatic rings. The summed E-state index contributed by atoms with van der Waals surface area (Å²) in [5, 5.41) is 3.02. The molecule has 1 aliphatic carbocycles. The predicted molar refractivity (Wildman–Crippen MR) is 92.5 cm³/mol. The Kier molecular flexibility index (Phi) is 3.54. The van der Waals surface area contributed by atoms with E-state index in [1.165, 1.54) is 17.4 Å². The van der Waals surface area contributed by atoms with Crippen molar-refractivity contribution in [3.63, 3.8) is 0 Å². The summed E-state index contributed by atoms with van der Waals surface area (Å²) < 4.78 is 5.65. The molecule has 0 aromatic heterocycles. The van der Waals surface area contributed by atoms with Gasteiger partial charge >= 0.3 is 0 Å². The fourth-order valence-electron chi connectivity index (χ4n) is 3.67. The lowest BCUT2D eigenvalue weighted by Crippen LogP contribution is -2.19. The van der Waals surface area contributed by atoms with Crippen LogP contribution in [-0.4, -0.2) is 23.6 Å². The van der Waals surface area contributed by atoms with Crippen LogP contribution in [0.1, 0.15) is 24.1 Å². The largest absolute Gasteiger partial charge is 0.472 e. The molecule has 3 aliphatic rings. The average molecular weight is 332 g/mol. The normalized spacial score (nSPS) is 27.9. The van der Waals surface area contributed by atoms with Crippen LogP contribution in [0.25, 0.3) is 0 Å². The van der Waals surface area contributed by atoms with Crippen molar-refractivity contribution in [1.82, 2.24) is 5.32 Å². The summed E-state index contributed by atoms with van der Waals surface area (Å²) in [5.74, 6) is 1.54. The summed E-state index contributed by atoms with van der Waals surface area (Å²) in [6, 6.07) is 8.13. The molecule has 0 radical (unpaired) electrons. The third-order valence-corrected chi connectivity index (χ3v) is 4.88. The molecule has 2 heterocycles. The zero-order valence-corrected chi connectivity index (χ0v) is 13.7. The molecule has 0 saturated carbocycles. The van der Waals surface area contributed by atoms with Gasteiger partial charge in [0, 0.05) is 5.92 Å². The molecule has 1 saturated heterocycles. The molecule has 1 N–H and O–H groups in total. The zero-order chi connectivity index (χ0) is 17.6. The number of aliphatic imine (C=N–C) groups is 1. The van der Waals surface area contributed by atoms with Gasteiger partial charge in [-0.2, -0.15) is 0 Å². The average Bonchev–Trinajstić information content (AvgIpc) is 3.24. The molecule has 4 rings (SSSR count). The van der Waals surface area contributed by atoms with Crippen LogP contribution < -0.4 is 5.32 Å². The van der Waals surface area contributed by atoms with Gasteiger partial charge in [0.1, 0.15) is 5.71 Å². The zero-order valence-electron chi connectivity index (χ0n) is 13.7. The van der Waals surface area contributed by atoms with Crippen LogP contribution in [0.4, 0.5) is 0 Å². The highest BCUT2D eigenvalue weighted by molar-refractivity contribution is 6.51. The van der Waals surface area contributed by atoms with Crippen LogP contribution in [-0.2, 0) is 20.7 Å². The number of terminal acetylenes is 1. The van der Waals surface area contributed by atoms with Crippen LogP contribution in [0.15, 0.2) is 52.7 Å². The number of nitrogens with zero attached hydrogens (tertiary/aromatic N) is 1. The van der Waals surface area contributed by atoms with Gasteiger partial charge < -0.3 is 10.1 Å². The monoisotopic (exact) mass is 332 g/mol. The minimum atomic E-state index is -0.629. The number of Topliss-reactive ketones (excluding diaryl/α,β-unsaturated/α-hetero) is 1. The number of amides is 1. The van der Waals surface area contributed by atoms with Crippen molar-refractivity contribution in [2.45, 2.75) is 25.6 Å². The maximum Gasteiger partial charge on any atom is 0.253 e. The minimum absolute atomic E-state index is 0.00138. The maximum atomic E-state index is 12.3. The lowest BCUT2D eigenvalue weighted by molar-refractivity contribution is -0.116. The fourth-order valence-corrected chi connectivity index (χ4v) is 3.67. The third kappa shape index (κ3) is 2.47. The van der Waals surface area contributed by atoms with E-state index in [-0.39, 0.29) is 23.6 Å². The second-order valence-electron chi connectivity index (χ2n) is 6.36. The molecule has 124 valence electrons. The fraction of sp³-hybridized carbons (Fsp3) is 0.250. The van der Waals surface area contributed by atoms with Crippen molar-refractivity contribution in [3.8, 4) is 12.3 Å². The molecule has 25 heavy (non-hydrogen) atoms. The molecule has 1 amide bonds. The predicted octanol–water partition coefficient (Wildman–Crippen LogP) is 1.86. The van der Waals surface area contributed by atoms with E-state index >= 15 is 0 Å². The van der Waals surface area contributed by atoms with Crippen LogP contribution in [0.2, 0.25) is 0 Å². The molecule has 5 nitrogen and oxygen atoms in total. The van der Waals surface area contributed by atoms with Crippen LogP contribution in [0, 0.1) is 18.3 Å². The summed E-state index contributed by atoms with van der Waals surface area (Å²) in [5.41, 5.74) is 3.96. The first kappa shape index (κ1) is 15.4. The Morgan fingerprint density at radius 3 is 3.04 bits per heavy atom. The number of hydrogen-bond acceptors (Lipinski definition) is 4. The highest BCUT2D eigenvalue weighted by atomic mass is 16.5. The van der Waals surface area contributed by atoms with Crippen LogP contribution in [0.3, 0.4) is 0 Å². The highest BCUT2D eigenvalue weighted by Crippen LogP contribution is 2.44. The minimum Gasteiger partial charge on any atom is -0.472 e. The molecule has 0 bridgehead atoms. The smallest absolute Gasteiger partial charge is 0.253 e. The van der Waals surface area contributed by atoms with E-state index in [4.69, 9.17) is 11.2 Å². The molecule has 0 spiro atoms. The molecule has 1 fully saturated rings. The number of carbonyl (C=O) groups is 2. The van der Waals surface area contributed by atoms with Gasteiger partial charge in [-0.1, -0.05) is 24.3 Å². The maximum absolute atomic E-state index is 12.3. The second kappa shape index (κ2) is 5.75. The van der Waals surface area contributed by atoms with Crippen molar-refractivity contribution in [3.05, 3.63) is 58.9 Å². The van der Waals surface area contributed by atoms with Crippen molar-refractivity contribution >= 4 is 17.4 Å². The van der Waals surface area contributed by atoms with E-state index in [9.17, 15) is 9.59 Å². The first-order valence-corrected chi connectivity index (χ1v) is 8.10. The van der Waals surface area contributed by atoms with Crippen LogP contribution >= 0.6 is 0 Å². The van der Waals surface area contributed by atoms with Crippen molar-refractivity contribution in [2.75, 3.05) is 0 Å². The van der Waals surface area contributed by atoms with Gasteiger partial charge in [0.25, 0.3) is 11.7 Å². The Labute approximate surface area is 145 Å². The third-order valence-electron chi connectivity index (χ3n) is 4.88. The van der Waals surface area contributed by atoms with E-state index in [0.29, 0.717) is 11.1 Å². The lowest BCUT2D eigenvalue weighted by Gasteiger charge is -2.10. The Balaban J connectivity index is 1.54. The number of hydrogen-bond donors (Lipinski definition) is 1. The summed E-state index contributed by atoms with van der Waals surface area (Å²) in [7, 11) is 0. The van der Waals surface area contributed by atoms with E-state index in [1.54, 1.807) is 13.0 Å². The lowest BCUT2D eigenvalue weighted by atomic mass is 9.97. The summed E-state index contributed by atoms with van der Waals surface area (Å²) in [6.07, 6.45) is 8.51. The number of nitrogens with one attached hydrogen (secondary N) is 1. The standard InChI is InChI=1S/C20H16N2O3/c1-3-16(23)18-11(2)8-17(21-18)25-10-15-14-9-12-6-4-5-7-13(12)19(14)22-20(15)24/h1,4-8,10,14,17,19H,9H2,2H3,(H,22,24)/b15-10+. The number of ketones is 1. The molecular formula is C20H16N2O3. The summed E-state index contributed by atoms with van der Waals surface area (Å²) in [4.78, 5) is 28.1. The molecular weight excluding hydrogens is 316 g/mol. The van der Waals surface area contributed by atoms with Crippen molar-refractivity contribution in [2.24, 2.45) is 10.9 Å². The summed E-state index contributed by atoms with van der Waals surface area (Å²) in [6.45, 7) is 1.76. The number of ether oxygens (including phenoxy) is 1. The SMILES string of the molecule is C#CC(=O)C1=NC(O/C=C2/C(=O)NC3c4ccccc4CC23)C=C1C. The van der Waals surface area contributed by atoms with Gasteiger partial charge in [0.2, 0.25) is 6.23 Å². The van der Waals surface area contributed by atoms with Gasteiger partial charge in [0.15, 0.2) is 0 Å². The van der Waals surface area contributed by atoms with Gasteiger partial charge in [-0.3, -0.25) is 9.59 Å². The molecule has 3 atom stereocenters. The quantitative estimate of drug-likeness (QED) is 0.398. The number of benzene rings is 1. The molecule has 2 aliphatic heterocycles. The van der Waals surface area contributed by atoms with Crippen molar-refractivity contribution < 1.29 is 14.3 Å². The first-order chi connectivity index (χ1) is 12.1. The summed E-state index contributed by atoms with van der Waals surface area (Å²) >= 11 is 0. The topological polar surface area (TPSA) is 67.8 Å². The highest BCUT2D eigenvalue weighted by Gasteiger charge is 2.44. The van der Waals surface area contributed by atoms with E-state index < -0.39 is 12.0 Å². The van der Waals surface area contributed by atoms with Crippen LogP contribution in [0.5, 0.6) is 0 Å². The Morgan fingerprint density at radius 1 is 1.44 bits per heavy atom. The Morgan fingerprint density at radius 2 is 2.24 bits per heavy atom. The number of allylic oxidation sites excluding steroid dienone is 1. The van der Waals surface area contributed by atoms with Gasteiger partial charge in [0.05, 0.1) is 17.9 Å². The molecule has 1 aromatic carbocycles. The van der Waals surface area contributed by atoms with Gasteiger partial charge in [-0.25, -0.2) is 4.99 Å². The van der Waals surface area contributed by atoms with E-state index in [2.05, 4.69) is 28.4 Å². The Hall–Kier alpha value is -3.13. The first-order valence-electron chi connectivity index (χ1n) is 8.10. The van der Waals surface area contributed by atoms with Crippen molar-refractivity contribution in [1.29, 1.82) is 0 Å². The number of rotatable bonds is 3. The Bertz CT molecular complexity index is 917.